The van der Waals surface area contributed by atoms with Gasteiger partial charge in [0.2, 0.25) is 0 Å². The zero-order valence-electron chi connectivity index (χ0n) is 9.22. The summed E-state index contributed by atoms with van der Waals surface area (Å²) in [6.45, 7) is 4.01. The van der Waals surface area contributed by atoms with E-state index in [9.17, 15) is 5.11 Å². The monoisotopic (exact) mass is 270 g/mol. The van der Waals surface area contributed by atoms with E-state index >= 15 is 0 Å². The maximum Gasteiger partial charge on any atom is 0.128 e. The normalized spacial score (nSPS) is 17.7. The predicted molar refractivity (Wildman–Crippen MR) is 63.3 cm³/mol. The van der Waals surface area contributed by atoms with Crippen LogP contribution in [0.3, 0.4) is 0 Å². The summed E-state index contributed by atoms with van der Waals surface area (Å²) in [5.74, 6) is 0.829. The zero-order valence-corrected chi connectivity index (χ0v) is 10.8. The summed E-state index contributed by atoms with van der Waals surface area (Å²) in [4.78, 5) is 0. The van der Waals surface area contributed by atoms with E-state index in [-0.39, 0.29) is 0 Å². The Morgan fingerprint density at radius 2 is 2.00 bits per heavy atom. The van der Waals surface area contributed by atoms with Gasteiger partial charge in [0.15, 0.2) is 0 Å². The first-order chi connectivity index (χ1) is 6.99. The number of aryl methyl sites for hydroxylation is 1. The van der Waals surface area contributed by atoms with E-state index in [1.54, 1.807) is 7.11 Å². The van der Waals surface area contributed by atoms with E-state index < -0.39 is 5.60 Å². The molecule has 0 saturated heterocycles. The van der Waals surface area contributed by atoms with E-state index in [1.807, 2.05) is 19.9 Å². The topological polar surface area (TPSA) is 29.5 Å². The molecule has 2 rings (SSSR count). The summed E-state index contributed by atoms with van der Waals surface area (Å²) < 4.78 is 6.44. The number of ether oxygens (including phenoxy) is 1. The van der Waals surface area contributed by atoms with Crippen LogP contribution in [0.1, 0.15) is 29.5 Å². The highest BCUT2D eigenvalue weighted by molar-refractivity contribution is 9.10. The predicted octanol–water partition coefficient (Wildman–Crippen LogP) is 3.06. The molecule has 0 heterocycles. The van der Waals surface area contributed by atoms with E-state index in [1.165, 1.54) is 0 Å². The van der Waals surface area contributed by atoms with Crippen LogP contribution in [0.4, 0.5) is 0 Å². The number of aliphatic hydroxyl groups is 1. The molecule has 1 fully saturated rings. The van der Waals surface area contributed by atoms with Gasteiger partial charge >= 0.3 is 0 Å². The van der Waals surface area contributed by atoms with Gasteiger partial charge in [-0.05, 0) is 43.9 Å². The number of hydrogen-bond donors (Lipinski definition) is 1. The molecule has 0 atom stereocenters. The van der Waals surface area contributed by atoms with E-state index in [4.69, 9.17) is 4.74 Å². The summed E-state index contributed by atoms with van der Waals surface area (Å²) in [6, 6.07) is 2.03. The molecule has 0 spiro atoms. The van der Waals surface area contributed by atoms with Gasteiger partial charge in [0.1, 0.15) is 5.75 Å². The van der Waals surface area contributed by atoms with E-state index in [0.29, 0.717) is 0 Å². The molecule has 0 radical (unpaired) electrons. The summed E-state index contributed by atoms with van der Waals surface area (Å²) in [7, 11) is 1.66. The first kappa shape index (κ1) is 11.0. The number of rotatable bonds is 2. The average molecular weight is 271 g/mol. The van der Waals surface area contributed by atoms with Crippen molar-refractivity contribution >= 4 is 15.9 Å². The van der Waals surface area contributed by atoms with E-state index in [0.717, 1.165) is 39.8 Å². The number of benzene rings is 1. The number of halogens is 1. The fourth-order valence-corrected chi connectivity index (χ4v) is 2.58. The SMILES string of the molecule is COc1c(C)cc(Br)c(C)c1C1(O)CC1. The van der Waals surface area contributed by atoms with Gasteiger partial charge < -0.3 is 9.84 Å². The number of hydrogen-bond acceptors (Lipinski definition) is 2. The van der Waals surface area contributed by atoms with Gasteiger partial charge in [0, 0.05) is 10.0 Å². The van der Waals surface area contributed by atoms with Crippen molar-refractivity contribution < 1.29 is 9.84 Å². The maximum absolute atomic E-state index is 10.2. The van der Waals surface area contributed by atoms with Crippen LogP contribution in [-0.4, -0.2) is 12.2 Å². The second-order valence-electron chi connectivity index (χ2n) is 4.24. The zero-order chi connectivity index (χ0) is 11.2. The van der Waals surface area contributed by atoms with Gasteiger partial charge in [-0.1, -0.05) is 15.9 Å². The molecule has 2 nitrogen and oxygen atoms in total. The third kappa shape index (κ3) is 1.68. The van der Waals surface area contributed by atoms with Crippen molar-refractivity contribution in [2.24, 2.45) is 0 Å². The molecule has 15 heavy (non-hydrogen) atoms. The lowest BCUT2D eigenvalue weighted by Gasteiger charge is -2.19. The highest BCUT2D eigenvalue weighted by Gasteiger charge is 2.46. The lowest BCUT2D eigenvalue weighted by Crippen LogP contribution is -2.10. The quantitative estimate of drug-likeness (QED) is 0.895. The van der Waals surface area contributed by atoms with Gasteiger partial charge in [-0.2, -0.15) is 0 Å². The molecule has 3 heteroatoms. The first-order valence-electron chi connectivity index (χ1n) is 5.06. The standard InChI is InChI=1S/C12H15BrO2/c1-7-6-9(13)8(2)10(11(7)15-3)12(14)4-5-12/h6,14H,4-5H2,1-3H3. The molecule has 1 aliphatic rings. The molecule has 1 aliphatic carbocycles. The Hall–Kier alpha value is -0.540. The molecular formula is C12H15BrO2. The molecule has 1 saturated carbocycles. The van der Waals surface area contributed by atoms with Gasteiger partial charge in [-0.3, -0.25) is 0 Å². The molecule has 0 aliphatic heterocycles. The average Bonchev–Trinajstić information content (AvgIpc) is 2.90. The summed E-state index contributed by atoms with van der Waals surface area (Å²) >= 11 is 3.51. The first-order valence-corrected chi connectivity index (χ1v) is 5.85. The Bertz CT molecular complexity index is 409. The van der Waals surface area contributed by atoms with Crippen molar-refractivity contribution in [3.63, 3.8) is 0 Å². The van der Waals surface area contributed by atoms with Crippen LogP contribution in [0.15, 0.2) is 10.5 Å². The van der Waals surface area contributed by atoms with Crippen LogP contribution in [-0.2, 0) is 5.60 Å². The largest absolute Gasteiger partial charge is 0.496 e. The molecule has 82 valence electrons. The molecule has 0 unspecified atom stereocenters. The van der Waals surface area contributed by atoms with Crippen LogP contribution in [0.25, 0.3) is 0 Å². The van der Waals surface area contributed by atoms with Crippen molar-refractivity contribution in [2.45, 2.75) is 32.3 Å². The fraction of sp³-hybridized carbons (Fsp3) is 0.500. The maximum atomic E-state index is 10.2. The Morgan fingerprint density at radius 3 is 2.47 bits per heavy atom. The van der Waals surface area contributed by atoms with Gasteiger partial charge in [-0.25, -0.2) is 0 Å². The highest BCUT2D eigenvalue weighted by Crippen LogP contribution is 2.52. The molecule has 0 aromatic heterocycles. The lowest BCUT2D eigenvalue weighted by atomic mass is 9.97. The van der Waals surface area contributed by atoms with Crippen molar-refractivity contribution in [1.82, 2.24) is 0 Å². The van der Waals surface area contributed by atoms with E-state index in [2.05, 4.69) is 15.9 Å². The third-order valence-electron chi connectivity index (χ3n) is 3.05. The Labute approximate surface area is 98.4 Å². The molecule has 1 N–H and O–H groups in total. The molecule has 0 amide bonds. The van der Waals surface area contributed by atoms with Gasteiger partial charge in [-0.15, -0.1) is 0 Å². The minimum absolute atomic E-state index is 0.649. The molecule has 0 bridgehead atoms. The minimum atomic E-state index is -0.649. The lowest BCUT2D eigenvalue weighted by molar-refractivity contribution is 0.146. The van der Waals surface area contributed by atoms with Crippen LogP contribution < -0.4 is 4.74 Å². The third-order valence-corrected chi connectivity index (χ3v) is 3.88. The second kappa shape index (κ2) is 3.49. The molecule has 1 aromatic carbocycles. The molecular weight excluding hydrogens is 256 g/mol. The van der Waals surface area contributed by atoms with Crippen molar-refractivity contribution in [2.75, 3.05) is 7.11 Å². The second-order valence-corrected chi connectivity index (χ2v) is 5.09. The minimum Gasteiger partial charge on any atom is -0.496 e. The van der Waals surface area contributed by atoms with Crippen LogP contribution in [0.5, 0.6) is 5.75 Å². The Morgan fingerprint density at radius 1 is 1.40 bits per heavy atom. The van der Waals surface area contributed by atoms with Crippen LogP contribution in [0, 0.1) is 13.8 Å². The Balaban J connectivity index is 2.68. The fourth-order valence-electron chi connectivity index (χ4n) is 2.04. The smallest absolute Gasteiger partial charge is 0.128 e. The summed E-state index contributed by atoms with van der Waals surface area (Å²) in [5.41, 5.74) is 2.45. The van der Waals surface area contributed by atoms with Gasteiger partial charge in [0.05, 0.1) is 12.7 Å². The summed E-state index contributed by atoms with van der Waals surface area (Å²) in [6.07, 6.45) is 1.67. The highest BCUT2D eigenvalue weighted by atomic mass is 79.9. The molecule has 1 aromatic rings. The van der Waals surface area contributed by atoms with Crippen LogP contribution in [0.2, 0.25) is 0 Å². The summed E-state index contributed by atoms with van der Waals surface area (Å²) in [5, 5.41) is 10.2. The number of methoxy groups -OCH3 is 1. The van der Waals surface area contributed by atoms with Crippen molar-refractivity contribution in [3.8, 4) is 5.75 Å². The van der Waals surface area contributed by atoms with Crippen molar-refractivity contribution in [3.05, 3.63) is 27.2 Å². The van der Waals surface area contributed by atoms with Crippen molar-refractivity contribution in [1.29, 1.82) is 0 Å². The van der Waals surface area contributed by atoms with Gasteiger partial charge in [0.25, 0.3) is 0 Å². The van der Waals surface area contributed by atoms with Crippen LogP contribution >= 0.6 is 15.9 Å². The Kier molecular flexibility index (Phi) is 2.55.